The summed E-state index contributed by atoms with van der Waals surface area (Å²) < 4.78 is 0. The Bertz CT molecular complexity index is 477. The SMILES string of the molecule is CCN(C)c1ccccc1NC(=O)N1CCCN(C)CC1. The standard InChI is InChI=1S/C16H26N4O/c1-4-19(3)15-9-6-5-8-14(15)17-16(21)20-11-7-10-18(2)12-13-20/h5-6,8-9H,4,7,10-13H2,1-3H3,(H,17,21). The maximum Gasteiger partial charge on any atom is 0.321 e. The molecule has 2 rings (SSSR count). The van der Waals surface area contributed by atoms with E-state index in [4.69, 9.17) is 0 Å². The Morgan fingerprint density at radius 3 is 2.76 bits per heavy atom. The van der Waals surface area contributed by atoms with Gasteiger partial charge in [-0.15, -0.1) is 0 Å². The highest BCUT2D eigenvalue weighted by atomic mass is 16.2. The molecule has 21 heavy (non-hydrogen) atoms. The van der Waals surface area contributed by atoms with Crippen molar-refractivity contribution in [2.24, 2.45) is 0 Å². The van der Waals surface area contributed by atoms with E-state index in [1.54, 1.807) is 0 Å². The molecule has 1 aromatic carbocycles. The Balaban J connectivity index is 2.05. The van der Waals surface area contributed by atoms with Crippen LogP contribution >= 0.6 is 0 Å². The van der Waals surface area contributed by atoms with Crippen LogP contribution in [0.15, 0.2) is 24.3 Å². The number of urea groups is 1. The van der Waals surface area contributed by atoms with Gasteiger partial charge in [0.2, 0.25) is 0 Å². The van der Waals surface area contributed by atoms with Gasteiger partial charge in [-0.05, 0) is 39.1 Å². The van der Waals surface area contributed by atoms with Crippen molar-refractivity contribution < 1.29 is 4.79 Å². The second kappa shape index (κ2) is 7.31. The lowest BCUT2D eigenvalue weighted by Gasteiger charge is -2.24. The van der Waals surface area contributed by atoms with Gasteiger partial charge in [-0.1, -0.05) is 12.1 Å². The average molecular weight is 290 g/mol. The number of anilines is 2. The van der Waals surface area contributed by atoms with Crippen LogP contribution in [0.25, 0.3) is 0 Å². The summed E-state index contributed by atoms with van der Waals surface area (Å²) in [6.45, 7) is 6.60. The second-order valence-corrected chi connectivity index (χ2v) is 5.61. The fourth-order valence-electron chi connectivity index (χ4n) is 2.53. The number of carbonyl (C=O) groups is 1. The summed E-state index contributed by atoms with van der Waals surface area (Å²) in [5.41, 5.74) is 1.93. The molecule has 0 aromatic heterocycles. The number of hydrogen-bond acceptors (Lipinski definition) is 3. The van der Waals surface area contributed by atoms with Gasteiger partial charge in [-0.25, -0.2) is 4.79 Å². The quantitative estimate of drug-likeness (QED) is 0.928. The third kappa shape index (κ3) is 4.11. The molecule has 2 amide bonds. The Kier molecular flexibility index (Phi) is 5.44. The Labute approximate surface area is 127 Å². The van der Waals surface area contributed by atoms with E-state index in [1.807, 2.05) is 36.2 Å². The van der Waals surface area contributed by atoms with E-state index in [1.165, 1.54) is 0 Å². The summed E-state index contributed by atoms with van der Waals surface area (Å²) in [4.78, 5) is 18.8. The monoisotopic (exact) mass is 290 g/mol. The van der Waals surface area contributed by atoms with Crippen molar-refractivity contribution in [2.45, 2.75) is 13.3 Å². The van der Waals surface area contributed by atoms with Crippen molar-refractivity contribution in [1.29, 1.82) is 0 Å². The van der Waals surface area contributed by atoms with Crippen molar-refractivity contribution in [3.63, 3.8) is 0 Å². The van der Waals surface area contributed by atoms with E-state index in [2.05, 4.69) is 29.1 Å². The first-order valence-corrected chi connectivity index (χ1v) is 7.66. The molecule has 116 valence electrons. The molecule has 1 heterocycles. The number of carbonyl (C=O) groups excluding carboxylic acids is 1. The highest BCUT2D eigenvalue weighted by Crippen LogP contribution is 2.24. The molecule has 1 aliphatic rings. The predicted octanol–water partition coefficient (Wildman–Crippen LogP) is 2.31. The van der Waals surface area contributed by atoms with Gasteiger partial charge in [-0.3, -0.25) is 0 Å². The normalized spacial score (nSPS) is 16.4. The lowest BCUT2D eigenvalue weighted by molar-refractivity contribution is 0.213. The number of rotatable bonds is 3. The van der Waals surface area contributed by atoms with Gasteiger partial charge in [0, 0.05) is 33.2 Å². The van der Waals surface area contributed by atoms with Crippen LogP contribution in [0.2, 0.25) is 0 Å². The summed E-state index contributed by atoms with van der Waals surface area (Å²) in [5, 5.41) is 3.06. The molecule has 5 nitrogen and oxygen atoms in total. The first kappa shape index (κ1) is 15.6. The number of hydrogen-bond donors (Lipinski definition) is 1. The summed E-state index contributed by atoms with van der Waals surface area (Å²) in [6.07, 6.45) is 1.03. The molecular formula is C16H26N4O. The van der Waals surface area contributed by atoms with Gasteiger partial charge in [0.1, 0.15) is 0 Å². The minimum absolute atomic E-state index is 0.00209. The van der Waals surface area contributed by atoms with Crippen LogP contribution in [0, 0.1) is 0 Å². The number of likely N-dealkylation sites (N-methyl/N-ethyl adjacent to an activating group) is 1. The van der Waals surface area contributed by atoms with Crippen LogP contribution in [-0.2, 0) is 0 Å². The fraction of sp³-hybridized carbons (Fsp3) is 0.562. The molecule has 1 aromatic rings. The van der Waals surface area contributed by atoms with Crippen molar-refractivity contribution in [3.8, 4) is 0 Å². The van der Waals surface area contributed by atoms with Gasteiger partial charge in [-0.2, -0.15) is 0 Å². The van der Waals surface area contributed by atoms with E-state index in [0.717, 1.165) is 50.5 Å². The molecule has 0 spiro atoms. The molecule has 0 atom stereocenters. The molecule has 5 heteroatoms. The van der Waals surface area contributed by atoms with Gasteiger partial charge >= 0.3 is 6.03 Å². The van der Waals surface area contributed by atoms with Crippen LogP contribution in [-0.4, -0.2) is 62.7 Å². The van der Waals surface area contributed by atoms with Crippen LogP contribution in [0.3, 0.4) is 0 Å². The summed E-state index contributed by atoms with van der Waals surface area (Å²) in [5.74, 6) is 0. The molecule has 1 fully saturated rings. The molecule has 1 N–H and O–H groups in total. The van der Waals surface area contributed by atoms with Crippen molar-refractivity contribution >= 4 is 17.4 Å². The molecule has 1 saturated heterocycles. The number of amides is 2. The van der Waals surface area contributed by atoms with Gasteiger partial charge < -0.3 is 20.0 Å². The zero-order valence-corrected chi connectivity index (χ0v) is 13.3. The Morgan fingerprint density at radius 1 is 1.24 bits per heavy atom. The van der Waals surface area contributed by atoms with E-state index in [0.29, 0.717) is 0 Å². The zero-order chi connectivity index (χ0) is 15.2. The second-order valence-electron chi connectivity index (χ2n) is 5.61. The third-order valence-corrected chi connectivity index (χ3v) is 4.04. The van der Waals surface area contributed by atoms with E-state index < -0.39 is 0 Å². The number of para-hydroxylation sites is 2. The van der Waals surface area contributed by atoms with E-state index >= 15 is 0 Å². The molecule has 0 aliphatic carbocycles. The maximum absolute atomic E-state index is 12.5. The fourth-order valence-corrected chi connectivity index (χ4v) is 2.53. The number of benzene rings is 1. The van der Waals surface area contributed by atoms with Crippen LogP contribution in [0.1, 0.15) is 13.3 Å². The number of nitrogens with zero attached hydrogens (tertiary/aromatic N) is 3. The largest absolute Gasteiger partial charge is 0.373 e. The minimum Gasteiger partial charge on any atom is -0.373 e. The van der Waals surface area contributed by atoms with Gasteiger partial charge in [0.25, 0.3) is 0 Å². The van der Waals surface area contributed by atoms with Crippen molar-refractivity contribution in [2.75, 3.05) is 57.0 Å². The first-order valence-electron chi connectivity index (χ1n) is 7.66. The Hall–Kier alpha value is -1.75. The average Bonchev–Trinajstić information content (AvgIpc) is 2.72. The summed E-state index contributed by atoms with van der Waals surface area (Å²) >= 11 is 0. The van der Waals surface area contributed by atoms with E-state index in [9.17, 15) is 4.79 Å². The van der Waals surface area contributed by atoms with E-state index in [-0.39, 0.29) is 6.03 Å². The highest BCUT2D eigenvalue weighted by molar-refractivity contribution is 5.93. The van der Waals surface area contributed by atoms with Crippen LogP contribution < -0.4 is 10.2 Å². The highest BCUT2D eigenvalue weighted by Gasteiger charge is 2.18. The first-order chi connectivity index (χ1) is 10.1. The zero-order valence-electron chi connectivity index (χ0n) is 13.3. The smallest absolute Gasteiger partial charge is 0.321 e. The number of nitrogens with one attached hydrogen (secondary N) is 1. The molecule has 0 bridgehead atoms. The molecule has 1 aliphatic heterocycles. The summed E-state index contributed by atoms with van der Waals surface area (Å²) in [7, 11) is 4.14. The lowest BCUT2D eigenvalue weighted by Crippen LogP contribution is -2.38. The van der Waals surface area contributed by atoms with Crippen LogP contribution in [0.5, 0.6) is 0 Å². The van der Waals surface area contributed by atoms with Crippen LogP contribution in [0.4, 0.5) is 16.2 Å². The maximum atomic E-state index is 12.5. The molecular weight excluding hydrogens is 264 g/mol. The minimum atomic E-state index is 0.00209. The van der Waals surface area contributed by atoms with Gasteiger partial charge in [0.15, 0.2) is 0 Å². The Morgan fingerprint density at radius 2 is 2.00 bits per heavy atom. The predicted molar refractivity (Wildman–Crippen MR) is 88.1 cm³/mol. The van der Waals surface area contributed by atoms with Crippen molar-refractivity contribution in [3.05, 3.63) is 24.3 Å². The van der Waals surface area contributed by atoms with Gasteiger partial charge in [0.05, 0.1) is 11.4 Å². The molecule has 0 unspecified atom stereocenters. The van der Waals surface area contributed by atoms with Crippen molar-refractivity contribution in [1.82, 2.24) is 9.80 Å². The summed E-state index contributed by atoms with van der Waals surface area (Å²) in [6, 6.07) is 7.96. The lowest BCUT2D eigenvalue weighted by atomic mass is 10.2. The molecule has 0 saturated carbocycles. The topological polar surface area (TPSA) is 38.8 Å². The third-order valence-electron chi connectivity index (χ3n) is 4.04. The molecule has 0 radical (unpaired) electrons.